The van der Waals surface area contributed by atoms with E-state index in [9.17, 15) is 14.3 Å². The van der Waals surface area contributed by atoms with Crippen molar-refractivity contribution in [1.29, 1.82) is 0 Å². The van der Waals surface area contributed by atoms with Crippen LogP contribution in [0.5, 0.6) is 0 Å². The lowest BCUT2D eigenvalue weighted by Gasteiger charge is -2.42. The van der Waals surface area contributed by atoms with Crippen LogP contribution in [-0.4, -0.2) is 35.6 Å². The van der Waals surface area contributed by atoms with Crippen LogP contribution in [0.4, 0.5) is 4.39 Å². The molecule has 4 rings (SSSR count). The quantitative estimate of drug-likeness (QED) is 0.655. The second kappa shape index (κ2) is 8.80. The minimum atomic E-state index is -0.335. The number of piperidine rings is 1. The molecule has 1 heterocycles. The molecule has 3 nitrogen and oxygen atoms in total. The molecule has 30 heavy (non-hydrogen) atoms. The summed E-state index contributed by atoms with van der Waals surface area (Å²) in [5.74, 6) is -0.374. The highest BCUT2D eigenvalue weighted by atomic mass is 19.1. The molecule has 0 aliphatic carbocycles. The lowest BCUT2D eigenvalue weighted by molar-refractivity contribution is 0.0272. The maximum atomic E-state index is 14.2. The number of hydrogen-bond donors (Lipinski definition) is 1. The van der Waals surface area contributed by atoms with Gasteiger partial charge >= 0.3 is 0 Å². The molecule has 1 saturated heterocycles. The number of aliphatic hydroxyl groups is 1. The van der Waals surface area contributed by atoms with Crippen molar-refractivity contribution in [3.63, 3.8) is 0 Å². The number of halogens is 1. The smallest absolute Gasteiger partial charge is 0.253 e. The highest BCUT2D eigenvalue weighted by Gasteiger charge is 2.37. The van der Waals surface area contributed by atoms with E-state index >= 15 is 0 Å². The summed E-state index contributed by atoms with van der Waals surface area (Å²) in [5, 5.41) is 10.2. The third-order valence-electron chi connectivity index (χ3n) is 6.00. The Morgan fingerprint density at radius 2 is 1.77 bits per heavy atom. The summed E-state index contributed by atoms with van der Waals surface area (Å²) >= 11 is 0. The number of rotatable bonds is 5. The van der Waals surface area contributed by atoms with Crippen molar-refractivity contribution < 1.29 is 14.3 Å². The summed E-state index contributed by atoms with van der Waals surface area (Å²) in [6.45, 7) is 1.22. The van der Waals surface area contributed by atoms with Gasteiger partial charge in [-0.15, -0.1) is 0 Å². The van der Waals surface area contributed by atoms with Gasteiger partial charge in [0.25, 0.3) is 5.91 Å². The average Bonchev–Trinajstić information content (AvgIpc) is 2.80. The van der Waals surface area contributed by atoms with E-state index in [0.717, 1.165) is 19.3 Å². The van der Waals surface area contributed by atoms with Crippen molar-refractivity contribution in [3.8, 4) is 11.1 Å². The lowest BCUT2D eigenvalue weighted by Crippen LogP contribution is -2.49. The molecule has 154 valence electrons. The Bertz CT molecular complexity index is 1020. The molecular weight excluding hydrogens is 377 g/mol. The van der Waals surface area contributed by atoms with Crippen molar-refractivity contribution >= 4 is 5.91 Å². The number of amides is 1. The fraction of sp³-hybridized carbons (Fsp3) is 0.269. The van der Waals surface area contributed by atoms with E-state index in [4.69, 9.17) is 0 Å². The van der Waals surface area contributed by atoms with Crippen molar-refractivity contribution in [2.24, 2.45) is 5.41 Å². The molecule has 0 radical (unpaired) electrons. The zero-order chi connectivity index (χ0) is 21.0. The van der Waals surface area contributed by atoms with Crippen LogP contribution in [0.15, 0.2) is 78.9 Å². The second-order valence-corrected chi connectivity index (χ2v) is 8.21. The van der Waals surface area contributed by atoms with E-state index < -0.39 is 0 Å². The molecule has 0 spiro atoms. The summed E-state index contributed by atoms with van der Waals surface area (Å²) in [6, 6.07) is 23.8. The topological polar surface area (TPSA) is 40.5 Å². The van der Waals surface area contributed by atoms with Crippen molar-refractivity contribution in [2.45, 2.75) is 19.3 Å². The van der Waals surface area contributed by atoms with Gasteiger partial charge in [0.05, 0.1) is 6.61 Å². The molecule has 1 atom stereocenters. The van der Waals surface area contributed by atoms with E-state index in [1.165, 1.54) is 11.6 Å². The Kier molecular flexibility index (Phi) is 5.96. The summed E-state index contributed by atoms with van der Waals surface area (Å²) in [4.78, 5) is 15.1. The standard InChI is InChI=1S/C26H26FNO2/c27-24-13-5-4-12-23(24)21-10-6-11-22(16-21)25(30)28-15-7-14-26(18-28,19-29)17-20-8-2-1-3-9-20/h1-6,8-13,16,29H,7,14-15,17-19H2. The van der Waals surface area contributed by atoms with E-state index in [-0.39, 0.29) is 23.7 Å². The van der Waals surface area contributed by atoms with E-state index in [1.54, 1.807) is 36.4 Å². The first-order valence-corrected chi connectivity index (χ1v) is 10.4. The fourth-order valence-corrected chi connectivity index (χ4v) is 4.44. The molecule has 1 aliphatic heterocycles. The van der Waals surface area contributed by atoms with Gasteiger partial charge in [0.15, 0.2) is 0 Å². The van der Waals surface area contributed by atoms with Crippen molar-refractivity contribution in [1.82, 2.24) is 4.90 Å². The van der Waals surface area contributed by atoms with Gasteiger partial charge in [-0.05, 0) is 48.6 Å². The predicted octanol–water partition coefficient (Wildman–Crippen LogP) is 4.95. The van der Waals surface area contributed by atoms with Gasteiger partial charge in [-0.3, -0.25) is 4.79 Å². The molecule has 1 N–H and O–H groups in total. The number of carbonyl (C=O) groups is 1. The Morgan fingerprint density at radius 3 is 2.53 bits per heavy atom. The zero-order valence-electron chi connectivity index (χ0n) is 16.9. The maximum Gasteiger partial charge on any atom is 0.253 e. The van der Waals surface area contributed by atoms with Crippen molar-refractivity contribution in [3.05, 3.63) is 95.8 Å². The molecule has 1 unspecified atom stereocenters. The van der Waals surface area contributed by atoms with Crippen LogP contribution in [0.25, 0.3) is 11.1 Å². The Morgan fingerprint density at radius 1 is 1.00 bits per heavy atom. The lowest BCUT2D eigenvalue weighted by atomic mass is 9.75. The monoisotopic (exact) mass is 403 g/mol. The molecule has 0 aromatic heterocycles. The highest BCUT2D eigenvalue weighted by molar-refractivity contribution is 5.95. The van der Waals surface area contributed by atoms with Crippen LogP contribution >= 0.6 is 0 Å². The van der Waals surface area contributed by atoms with Gasteiger partial charge in [0, 0.05) is 29.6 Å². The van der Waals surface area contributed by atoms with Crippen molar-refractivity contribution in [2.75, 3.05) is 19.7 Å². The number of benzene rings is 3. The number of likely N-dealkylation sites (tertiary alicyclic amines) is 1. The van der Waals surface area contributed by atoms with Crippen LogP contribution in [0.1, 0.15) is 28.8 Å². The largest absolute Gasteiger partial charge is 0.396 e. The van der Waals surface area contributed by atoms with Gasteiger partial charge in [-0.25, -0.2) is 4.39 Å². The van der Waals surface area contributed by atoms with Crippen LogP contribution in [-0.2, 0) is 6.42 Å². The molecule has 0 bridgehead atoms. The molecule has 4 heteroatoms. The third-order valence-corrected chi connectivity index (χ3v) is 6.00. The highest BCUT2D eigenvalue weighted by Crippen LogP contribution is 2.34. The molecule has 3 aromatic rings. The second-order valence-electron chi connectivity index (χ2n) is 8.21. The van der Waals surface area contributed by atoms with E-state index in [1.807, 2.05) is 29.2 Å². The first kappa shape index (κ1) is 20.3. The van der Waals surface area contributed by atoms with Gasteiger partial charge in [-0.1, -0.05) is 60.7 Å². The number of aliphatic hydroxyl groups excluding tert-OH is 1. The molecular formula is C26H26FNO2. The van der Waals surface area contributed by atoms with Gasteiger partial charge in [0.2, 0.25) is 0 Å². The summed E-state index contributed by atoms with van der Waals surface area (Å²) < 4.78 is 14.2. The first-order chi connectivity index (χ1) is 14.6. The normalized spacial score (nSPS) is 18.9. The minimum absolute atomic E-state index is 0.0426. The SMILES string of the molecule is O=C(c1cccc(-c2ccccc2F)c1)N1CCCC(CO)(Cc2ccccc2)C1. The third kappa shape index (κ3) is 4.29. The van der Waals surface area contributed by atoms with Crippen LogP contribution < -0.4 is 0 Å². The van der Waals surface area contributed by atoms with Crippen LogP contribution in [0.2, 0.25) is 0 Å². The first-order valence-electron chi connectivity index (χ1n) is 10.4. The molecule has 1 amide bonds. The van der Waals surface area contributed by atoms with E-state index in [0.29, 0.717) is 29.8 Å². The number of hydrogen-bond acceptors (Lipinski definition) is 2. The number of carbonyl (C=O) groups excluding carboxylic acids is 1. The summed E-state index contributed by atoms with van der Waals surface area (Å²) in [7, 11) is 0. The predicted molar refractivity (Wildman–Crippen MR) is 117 cm³/mol. The molecule has 1 aliphatic rings. The molecule has 3 aromatic carbocycles. The fourth-order valence-electron chi connectivity index (χ4n) is 4.44. The summed E-state index contributed by atoms with van der Waals surface area (Å²) in [5.41, 5.74) is 2.55. The average molecular weight is 403 g/mol. The number of nitrogens with zero attached hydrogens (tertiary/aromatic N) is 1. The Balaban J connectivity index is 1.56. The zero-order valence-corrected chi connectivity index (χ0v) is 16.9. The summed E-state index contributed by atoms with van der Waals surface area (Å²) in [6.07, 6.45) is 2.48. The van der Waals surface area contributed by atoms with Gasteiger partial charge in [-0.2, -0.15) is 0 Å². The Hall–Kier alpha value is -2.98. The molecule has 1 fully saturated rings. The maximum absolute atomic E-state index is 14.2. The van der Waals surface area contributed by atoms with E-state index in [2.05, 4.69) is 12.1 Å². The minimum Gasteiger partial charge on any atom is -0.396 e. The van der Waals surface area contributed by atoms with Gasteiger partial charge < -0.3 is 10.0 Å². The molecule has 0 saturated carbocycles. The Labute approximate surface area is 176 Å². The van der Waals surface area contributed by atoms with Gasteiger partial charge in [0.1, 0.15) is 5.82 Å². The van der Waals surface area contributed by atoms with Crippen LogP contribution in [0, 0.1) is 11.2 Å². The van der Waals surface area contributed by atoms with Crippen LogP contribution in [0.3, 0.4) is 0 Å².